The van der Waals surface area contributed by atoms with Crippen LogP contribution in [0.1, 0.15) is 36.5 Å². The van der Waals surface area contributed by atoms with Crippen molar-refractivity contribution in [2.75, 3.05) is 0 Å². The van der Waals surface area contributed by atoms with Crippen LogP contribution in [0.5, 0.6) is 0 Å². The van der Waals surface area contributed by atoms with Crippen molar-refractivity contribution >= 4 is 39.3 Å². The van der Waals surface area contributed by atoms with Gasteiger partial charge in [0.2, 0.25) is 0 Å². The molecule has 3 rings (SSSR count). The highest BCUT2D eigenvalue weighted by Gasteiger charge is 2.27. The highest BCUT2D eigenvalue weighted by Crippen LogP contribution is 2.46. The Morgan fingerprint density at radius 1 is 1.20 bits per heavy atom. The Balaban J connectivity index is 2.24. The van der Waals surface area contributed by atoms with Crippen molar-refractivity contribution in [2.45, 2.75) is 30.4 Å². The van der Waals surface area contributed by atoms with Crippen LogP contribution >= 0.6 is 39.3 Å². The lowest BCUT2D eigenvalue weighted by Gasteiger charge is -2.24. The molecule has 0 amide bonds. The van der Waals surface area contributed by atoms with E-state index in [-0.39, 0.29) is 0 Å². The second-order valence-corrected chi connectivity index (χ2v) is 7.79. The Morgan fingerprint density at radius 3 is 2.75 bits per heavy atom. The molecular formula is C17H16BrClS. The quantitative estimate of drug-likeness (QED) is 0.554. The summed E-state index contributed by atoms with van der Waals surface area (Å²) in [7, 11) is 0. The number of thioether (sulfide) groups is 1. The van der Waals surface area contributed by atoms with E-state index in [0.717, 1.165) is 10.8 Å². The van der Waals surface area contributed by atoms with Crippen molar-refractivity contribution < 1.29 is 0 Å². The lowest BCUT2D eigenvalue weighted by Crippen LogP contribution is -2.10. The molecule has 0 saturated carbocycles. The average Bonchev–Trinajstić information content (AvgIpc) is 2.56. The molecule has 104 valence electrons. The molecule has 20 heavy (non-hydrogen) atoms. The van der Waals surface area contributed by atoms with E-state index in [1.807, 2.05) is 17.8 Å². The Morgan fingerprint density at radius 2 is 2.00 bits per heavy atom. The summed E-state index contributed by atoms with van der Waals surface area (Å²) >= 11 is 11.8. The number of hydrogen-bond acceptors (Lipinski definition) is 1. The molecule has 1 atom stereocenters. The van der Waals surface area contributed by atoms with Gasteiger partial charge in [-0.05, 0) is 56.7 Å². The minimum Gasteiger partial charge on any atom is -0.120 e. The molecular weight excluding hydrogens is 352 g/mol. The maximum atomic E-state index is 6.18. The summed E-state index contributed by atoms with van der Waals surface area (Å²) in [5.74, 6) is 1.97. The summed E-state index contributed by atoms with van der Waals surface area (Å²) in [6, 6.07) is 12.9. The molecule has 0 radical (unpaired) electrons. The Hall–Kier alpha value is -0.440. The molecule has 0 N–H and O–H groups in total. The molecule has 2 aromatic rings. The van der Waals surface area contributed by atoms with Crippen molar-refractivity contribution in [3.8, 4) is 0 Å². The summed E-state index contributed by atoms with van der Waals surface area (Å²) in [6.07, 6.45) is 0. The third kappa shape index (κ3) is 2.54. The molecule has 2 aromatic carbocycles. The molecule has 0 nitrogen and oxygen atoms in total. The van der Waals surface area contributed by atoms with Crippen molar-refractivity contribution in [3.05, 3.63) is 62.6 Å². The molecule has 1 unspecified atom stereocenters. The van der Waals surface area contributed by atoms with E-state index < -0.39 is 0 Å². The molecule has 0 fully saturated rings. The fourth-order valence-electron chi connectivity index (χ4n) is 2.96. The van der Waals surface area contributed by atoms with Crippen molar-refractivity contribution in [1.82, 2.24) is 0 Å². The maximum absolute atomic E-state index is 6.18. The van der Waals surface area contributed by atoms with Crippen LogP contribution in [0.15, 0.2) is 45.8 Å². The minimum absolute atomic E-state index is 0.435. The smallest absolute Gasteiger partial charge is 0.0409 e. The van der Waals surface area contributed by atoms with Gasteiger partial charge in [-0.25, -0.2) is 0 Å². The first-order valence-electron chi connectivity index (χ1n) is 6.77. The van der Waals surface area contributed by atoms with E-state index in [1.54, 1.807) is 0 Å². The van der Waals surface area contributed by atoms with E-state index >= 15 is 0 Å². The van der Waals surface area contributed by atoms with Gasteiger partial charge in [-0.15, -0.1) is 11.8 Å². The van der Waals surface area contributed by atoms with Crippen molar-refractivity contribution in [1.29, 1.82) is 0 Å². The van der Waals surface area contributed by atoms with E-state index in [2.05, 4.69) is 60.1 Å². The minimum atomic E-state index is 0.435. The monoisotopic (exact) mass is 366 g/mol. The molecule has 0 bridgehead atoms. The van der Waals surface area contributed by atoms with E-state index in [9.17, 15) is 0 Å². The van der Waals surface area contributed by atoms with Crippen LogP contribution in [0.4, 0.5) is 0 Å². The molecule has 3 heteroatoms. The molecule has 0 saturated heterocycles. The predicted molar refractivity (Wildman–Crippen MR) is 91.8 cm³/mol. The van der Waals surface area contributed by atoms with Crippen LogP contribution in [-0.4, -0.2) is 0 Å². The molecule has 1 aliphatic rings. The highest BCUT2D eigenvalue weighted by molar-refractivity contribution is 9.10. The fraction of sp³-hybridized carbons (Fsp3) is 0.294. The topological polar surface area (TPSA) is 0 Å². The summed E-state index contributed by atoms with van der Waals surface area (Å²) in [5, 5.41) is 0.830. The molecule has 0 aromatic heterocycles. The zero-order valence-corrected chi connectivity index (χ0v) is 14.6. The van der Waals surface area contributed by atoms with Crippen LogP contribution in [0, 0.1) is 5.92 Å². The van der Waals surface area contributed by atoms with Gasteiger partial charge >= 0.3 is 0 Å². The first-order valence-corrected chi connectivity index (χ1v) is 8.93. The van der Waals surface area contributed by atoms with Gasteiger partial charge in [-0.2, -0.15) is 0 Å². The number of halogens is 2. The normalized spacial score (nSPS) is 17.6. The number of fused-ring (bicyclic) bond motifs is 2. The van der Waals surface area contributed by atoms with E-state index in [0.29, 0.717) is 11.8 Å². The van der Waals surface area contributed by atoms with Crippen LogP contribution < -0.4 is 0 Å². The molecule has 0 aliphatic carbocycles. The third-order valence-electron chi connectivity index (χ3n) is 3.81. The first kappa shape index (κ1) is 14.5. The van der Waals surface area contributed by atoms with Crippen LogP contribution in [0.3, 0.4) is 0 Å². The lowest BCUT2D eigenvalue weighted by atomic mass is 9.81. The summed E-state index contributed by atoms with van der Waals surface area (Å²) in [6.45, 7) is 4.59. The Labute approximate surface area is 138 Å². The van der Waals surface area contributed by atoms with Crippen molar-refractivity contribution in [3.63, 3.8) is 0 Å². The van der Waals surface area contributed by atoms with E-state index in [1.165, 1.54) is 26.1 Å². The first-order chi connectivity index (χ1) is 9.58. The number of hydrogen-bond donors (Lipinski definition) is 0. The fourth-order valence-corrected chi connectivity index (χ4v) is 5.00. The SMILES string of the molecule is CC(C)C1c2ccc(Cl)cc2CSc2c(Br)cccc21. The Kier molecular flexibility index (Phi) is 4.16. The summed E-state index contributed by atoms with van der Waals surface area (Å²) in [4.78, 5) is 1.37. The van der Waals surface area contributed by atoms with Gasteiger partial charge in [0, 0.05) is 26.1 Å². The zero-order valence-electron chi connectivity index (χ0n) is 11.5. The van der Waals surface area contributed by atoms with Crippen LogP contribution in [0.2, 0.25) is 5.02 Å². The number of benzene rings is 2. The van der Waals surface area contributed by atoms with Gasteiger partial charge in [0.15, 0.2) is 0 Å². The maximum Gasteiger partial charge on any atom is 0.0409 e. The predicted octanol–water partition coefficient (Wildman–Crippen LogP) is 6.50. The van der Waals surface area contributed by atoms with Gasteiger partial charge in [-0.3, -0.25) is 0 Å². The lowest BCUT2D eigenvalue weighted by molar-refractivity contribution is 0.556. The van der Waals surface area contributed by atoms with Gasteiger partial charge in [0.1, 0.15) is 0 Å². The number of rotatable bonds is 1. The summed E-state index contributed by atoms with van der Waals surface area (Å²) in [5.41, 5.74) is 4.22. The third-order valence-corrected chi connectivity index (χ3v) is 6.17. The zero-order chi connectivity index (χ0) is 14.3. The Bertz CT molecular complexity index is 651. The summed E-state index contributed by atoms with van der Waals surface area (Å²) < 4.78 is 1.20. The molecule has 1 aliphatic heterocycles. The van der Waals surface area contributed by atoms with Gasteiger partial charge in [-0.1, -0.05) is 43.6 Å². The second-order valence-electron chi connectivity index (χ2n) is 5.51. The largest absolute Gasteiger partial charge is 0.120 e. The standard InChI is InChI=1S/C17H16BrClS/c1-10(2)16-13-7-6-12(19)8-11(13)9-20-17-14(16)4-3-5-15(17)18/h3-8,10,16H,9H2,1-2H3. The average molecular weight is 368 g/mol. The second kappa shape index (κ2) is 5.75. The van der Waals surface area contributed by atoms with Crippen LogP contribution in [0.25, 0.3) is 0 Å². The van der Waals surface area contributed by atoms with Crippen LogP contribution in [-0.2, 0) is 5.75 Å². The van der Waals surface area contributed by atoms with Gasteiger partial charge < -0.3 is 0 Å². The molecule has 1 heterocycles. The van der Waals surface area contributed by atoms with Gasteiger partial charge in [0.25, 0.3) is 0 Å². The van der Waals surface area contributed by atoms with Crippen molar-refractivity contribution in [2.24, 2.45) is 5.92 Å². The highest BCUT2D eigenvalue weighted by atomic mass is 79.9. The molecule has 0 spiro atoms. The van der Waals surface area contributed by atoms with Gasteiger partial charge in [0.05, 0.1) is 0 Å². The van der Waals surface area contributed by atoms with E-state index in [4.69, 9.17) is 11.6 Å².